The third kappa shape index (κ3) is 3.62. The first-order valence-corrected chi connectivity index (χ1v) is 9.10. The molecule has 0 aliphatic rings. The fraction of sp³-hybridized carbons (Fsp3) is 0.111. The number of halogens is 2. The molecule has 3 rings (SSSR count). The summed E-state index contributed by atoms with van der Waals surface area (Å²) in [5, 5.41) is 1.56. The number of pyridine rings is 1. The van der Waals surface area contributed by atoms with E-state index >= 15 is 0 Å². The summed E-state index contributed by atoms with van der Waals surface area (Å²) in [6.45, 7) is 1.46. The minimum absolute atomic E-state index is 0.129. The van der Waals surface area contributed by atoms with E-state index in [2.05, 4.69) is 9.97 Å². The van der Waals surface area contributed by atoms with E-state index in [0.717, 1.165) is 11.8 Å². The number of carbonyl (C=O) groups is 2. The highest BCUT2D eigenvalue weighted by molar-refractivity contribution is 7.17. The summed E-state index contributed by atoms with van der Waals surface area (Å²) in [7, 11) is 1.64. The van der Waals surface area contributed by atoms with Crippen LogP contribution in [0.25, 0.3) is 21.8 Å². The lowest BCUT2D eigenvalue weighted by atomic mass is 10.1. The smallest absolute Gasteiger partial charge is 0.224 e. The van der Waals surface area contributed by atoms with Gasteiger partial charge in [0.1, 0.15) is 10.8 Å². The van der Waals surface area contributed by atoms with Crippen molar-refractivity contribution < 1.29 is 9.59 Å². The lowest BCUT2D eigenvalue weighted by molar-refractivity contribution is -0.116. The molecule has 1 amide bonds. The van der Waals surface area contributed by atoms with Gasteiger partial charge in [0.15, 0.2) is 6.29 Å². The molecule has 0 radical (unpaired) electrons. The van der Waals surface area contributed by atoms with Gasteiger partial charge in [0, 0.05) is 36.3 Å². The van der Waals surface area contributed by atoms with Crippen LogP contribution < -0.4 is 4.90 Å². The zero-order chi connectivity index (χ0) is 18.8. The lowest BCUT2D eigenvalue weighted by Crippen LogP contribution is -2.23. The molecule has 0 bridgehead atoms. The van der Waals surface area contributed by atoms with E-state index in [9.17, 15) is 9.59 Å². The highest BCUT2D eigenvalue weighted by Gasteiger charge is 2.17. The normalized spacial score (nSPS) is 10.6. The van der Waals surface area contributed by atoms with Crippen LogP contribution in [0.1, 0.15) is 16.6 Å². The average Bonchev–Trinajstić information content (AvgIpc) is 3.05. The van der Waals surface area contributed by atoms with E-state index < -0.39 is 0 Å². The number of hydrogen-bond acceptors (Lipinski definition) is 5. The van der Waals surface area contributed by atoms with Gasteiger partial charge in [0.2, 0.25) is 5.91 Å². The second-order valence-corrected chi connectivity index (χ2v) is 7.33. The molecule has 0 atom stereocenters. The van der Waals surface area contributed by atoms with Crippen molar-refractivity contribution >= 4 is 52.5 Å². The molecule has 1 aromatic carbocycles. The molecular formula is C18H13Cl2N3O2S. The Bertz CT molecular complexity index is 1000. The number of nitrogens with zero attached hydrogens (tertiary/aromatic N) is 3. The third-order valence-electron chi connectivity index (χ3n) is 3.76. The summed E-state index contributed by atoms with van der Waals surface area (Å²) in [6.07, 6.45) is 2.35. The molecule has 2 heterocycles. The van der Waals surface area contributed by atoms with Crippen LogP contribution in [0.5, 0.6) is 0 Å². The highest BCUT2D eigenvalue weighted by atomic mass is 35.5. The second-order valence-electron chi connectivity index (χ2n) is 5.45. The minimum Gasteiger partial charge on any atom is -0.300 e. The molecular weight excluding hydrogens is 393 g/mol. The molecule has 2 aromatic heterocycles. The topological polar surface area (TPSA) is 63.2 Å². The van der Waals surface area contributed by atoms with Crippen LogP contribution in [-0.4, -0.2) is 29.2 Å². The summed E-state index contributed by atoms with van der Waals surface area (Å²) in [6, 6.07) is 8.57. The maximum absolute atomic E-state index is 11.5. The number of aldehydes is 1. The van der Waals surface area contributed by atoms with Gasteiger partial charge < -0.3 is 4.90 Å². The van der Waals surface area contributed by atoms with Crippen molar-refractivity contribution in [3.8, 4) is 21.8 Å². The maximum atomic E-state index is 11.5. The number of thiazole rings is 1. The Hall–Kier alpha value is -2.28. The Morgan fingerprint density at radius 3 is 2.65 bits per heavy atom. The van der Waals surface area contributed by atoms with E-state index in [1.807, 2.05) is 0 Å². The van der Waals surface area contributed by atoms with Gasteiger partial charge in [-0.1, -0.05) is 23.2 Å². The summed E-state index contributed by atoms with van der Waals surface area (Å²) in [5.41, 5.74) is 1.89. The van der Waals surface area contributed by atoms with Crippen molar-refractivity contribution in [3.63, 3.8) is 0 Å². The van der Waals surface area contributed by atoms with Crippen LogP contribution in [0.15, 0.2) is 36.5 Å². The quantitative estimate of drug-likeness (QED) is 0.574. The fourth-order valence-electron chi connectivity index (χ4n) is 2.31. The fourth-order valence-corrected chi connectivity index (χ4v) is 3.69. The Morgan fingerprint density at radius 1 is 1.23 bits per heavy atom. The molecule has 0 saturated heterocycles. The summed E-state index contributed by atoms with van der Waals surface area (Å²) < 4.78 is 0. The van der Waals surface area contributed by atoms with Crippen LogP contribution in [0.2, 0.25) is 10.0 Å². The second kappa shape index (κ2) is 7.53. The van der Waals surface area contributed by atoms with Crippen LogP contribution >= 0.6 is 34.5 Å². The molecule has 0 fully saturated rings. The zero-order valence-corrected chi connectivity index (χ0v) is 16.2. The molecule has 0 spiro atoms. The summed E-state index contributed by atoms with van der Waals surface area (Å²) in [5.74, 6) is 0.375. The first-order valence-electron chi connectivity index (χ1n) is 7.53. The first kappa shape index (κ1) is 18.5. The Kier molecular flexibility index (Phi) is 5.36. The van der Waals surface area contributed by atoms with Gasteiger partial charge >= 0.3 is 0 Å². The van der Waals surface area contributed by atoms with Gasteiger partial charge in [-0.3, -0.25) is 9.59 Å². The van der Waals surface area contributed by atoms with E-state index in [4.69, 9.17) is 23.2 Å². The maximum Gasteiger partial charge on any atom is 0.224 e. The Labute approximate surface area is 164 Å². The number of benzene rings is 1. The summed E-state index contributed by atoms with van der Waals surface area (Å²) >= 11 is 13.4. The Balaban J connectivity index is 2.08. The van der Waals surface area contributed by atoms with Gasteiger partial charge in [-0.05, 0) is 30.3 Å². The van der Waals surface area contributed by atoms with Gasteiger partial charge in [-0.2, -0.15) is 0 Å². The number of anilines is 1. The predicted molar refractivity (Wildman–Crippen MR) is 105 cm³/mol. The molecule has 0 unspecified atom stereocenters. The Morgan fingerprint density at radius 2 is 2.00 bits per heavy atom. The molecule has 0 aliphatic heterocycles. The molecule has 8 heteroatoms. The molecule has 0 N–H and O–H groups in total. The van der Waals surface area contributed by atoms with Crippen LogP contribution in [0.3, 0.4) is 0 Å². The number of aromatic nitrogens is 2. The number of amides is 1. The van der Waals surface area contributed by atoms with E-state index in [1.54, 1.807) is 43.6 Å². The molecule has 3 aromatic rings. The molecule has 0 saturated carbocycles. The number of carbonyl (C=O) groups excluding carboxylic acids is 2. The van der Waals surface area contributed by atoms with Crippen LogP contribution in [-0.2, 0) is 4.79 Å². The van der Waals surface area contributed by atoms with Crippen molar-refractivity contribution in [1.82, 2.24) is 9.97 Å². The minimum atomic E-state index is -0.129. The van der Waals surface area contributed by atoms with Gasteiger partial charge in [0.25, 0.3) is 0 Å². The van der Waals surface area contributed by atoms with Crippen molar-refractivity contribution in [2.75, 3.05) is 11.9 Å². The van der Waals surface area contributed by atoms with Crippen LogP contribution in [0.4, 0.5) is 5.82 Å². The summed E-state index contributed by atoms with van der Waals surface area (Å²) in [4.78, 5) is 33.8. The SMILES string of the molecule is CC(=O)N(C)c1cc(-c2nc(-c3ccc(Cl)cc3Cl)c(C=O)s2)ccn1. The molecule has 0 aliphatic carbocycles. The van der Waals surface area contributed by atoms with Gasteiger partial charge in [-0.15, -0.1) is 11.3 Å². The van der Waals surface area contributed by atoms with Crippen molar-refractivity contribution in [2.24, 2.45) is 0 Å². The number of hydrogen-bond donors (Lipinski definition) is 0. The molecule has 132 valence electrons. The lowest BCUT2D eigenvalue weighted by Gasteiger charge is -2.13. The van der Waals surface area contributed by atoms with Crippen molar-refractivity contribution in [2.45, 2.75) is 6.92 Å². The first-order chi connectivity index (χ1) is 12.4. The third-order valence-corrected chi connectivity index (χ3v) is 5.33. The van der Waals surface area contributed by atoms with E-state index in [-0.39, 0.29) is 5.91 Å². The largest absolute Gasteiger partial charge is 0.300 e. The highest BCUT2D eigenvalue weighted by Crippen LogP contribution is 2.37. The van der Waals surface area contributed by atoms with Gasteiger partial charge in [0.05, 0.1) is 15.6 Å². The standard InChI is InChI=1S/C18H13Cl2N3O2S/c1-10(25)23(2)16-7-11(5-6-21-16)18-22-17(15(9-24)26-18)13-4-3-12(19)8-14(13)20/h3-9H,1-2H3. The van der Waals surface area contributed by atoms with E-state index in [0.29, 0.717) is 37.0 Å². The predicted octanol–water partition coefficient (Wildman–Crippen LogP) is 4.97. The number of rotatable bonds is 4. The van der Waals surface area contributed by atoms with Crippen molar-refractivity contribution in [1.29, 1.82) is 0 Å². The zero-order valence-electron chi connectivity index (χ0n) is 13.9. The van der Waals surface area contributed by atoms with Crippen molar-refractivity contribution in [3.05, 3.63) is 51.5 Å². The molecule has 26 heavy (non-hydrogen) atoms. The van der Waals surface area contributed by atoms with Gasteiger partial charge in [-0.25, -0.2) is 9.97 Å². The molecule has 5 nitrogen and oxygen atoms in total. The monoisotopic (exact) mass is 405 g/mol. The average molecular weight is 406 g/mol. The van der Waals surface area contributed by atoms with Crippen LogP contribution in [0, 0.1) is 0 Å². The van der Waals surface area contributed by atoms with E-state index in [1.165, 1.54) is 23.2 Å².